The molecular weight excluding hydrogens is 316 g/mol. The van der Waals surface area contributed by atoms with Gasteiger partial charge >= 0.3 is 5.97 Å². The average molecular weight is 334 g/mol. The van der Waals surface area contributed by atoms with Gasteiger partial charge in [-0.1, -0.05) is 12.1 Å². The molecule has 24 heavy (non-hydrogen) atoms. The highest BCUT2D eigenvalue weighted by Crippen LogP contribution is 2.24. The lowest BCUT2D eigenvalue weighted by molar-refractivity contribution is -0.384. The summed E-state index contributed by atoms with van der Waals surface area (Å²) >= 11 is 0. The van der Waals surface area contributed by atoms with Gasteiger partial charge in [0.2, 0.25) is 5.91 Å². The van der Waals surface area contributed by atoms with E-state index in [1.807, 2.05) is 0 Å². The van der Waals surface area contributed by atoms with Crippen LogP contribution >= 0.6 is 0 Å². The van der Waals surface area contributed by atoms with Gasteiger partial charge in [0.1, 0.15) is 11.8 Å². The first-order valence-corrected chi connectivity index (χ1v) is 7.64. The predicted octanol–water partition coefficient (Wildman–Crippen LogP) is 1.47. The number of carboxylic acid groups (broad SMARTS) is 1. The van der Waals surface area contributed by atoms with Crippen LogP contribution in [0.15, 0.2) is 24.3 Å². The number of amides is 1. The molecule has 1 fully saturated rings. The van der Waals surface area contributed by atoms with E-state index in [1.165, 1.54) is 18.2 Å². The summed E-state index contributed by atoms with van der Waals surface area (Å²) in [6, 6.07) is 4.50. The van der Waals surface area contributed by atoms with Crippen LogP contribution in [-0.4, -0.2) is 33.7 Å². The molecule has 1 saturated carbocycles. The Kier molecular flexibility index (Phi) is 5.62. The minimum absolute atomic E-state index is 0.00503. The number of non-ortho nitro benzene ring substituents is 1. The van der Waals surface area contributed by atoms with Crippen molar-refractivity contribution in [2.45, 2.75) is 38.1 Å². The van der Waals surface area contributed by atoms with Crippen molar-refractivity contribution in [1.29, 1.82) is 0 Å². The van der Waals surface area contributed by atoms with E-state index in [2.05, 4.69) is 5.32 Å². The molecule has 0 aromatic heterocycles. The number of nitro groups is 1. The van der Waals surface area contributed by atoms with E-state index in [4.69, 9.17) is 0 Å². The highest BCUT2D eigenvalue weighted by Gasteiger charge is 2.33. The van der Waals surface area contributed by atoms with Crippen LogP contribution in [0.25, 0.3) is 0 Å². The van der Waals surface area contributed by atoms with E-state index < -0.39 is 28.8 Å². The maximum atomic E-state index is 12.1. The van der Waals surface area contributed by atoms with Gasteiger partial charge in [-0.3, -0.25) is 19.7 Å². The normalized spacial score (nSPS) is 18.7. The van der Waals surface area contributed by atoms with Crippen molar-refractivity contribution in [3.63, 3.8) is 0 Å². The fraction of sp³-hybridized carbons (Fsp3) is 0.438. The summed E-state index contributed by atoms with van der Waals surface area (Å²) in [7, 11) is 0. The van der Waals surface area contributed by atoms with Gasteiger partial charge in [0.15, 0.2) is 0 Å². The summed E-state index contributed by atoms with van der Waals surface area (Å²) in [6.45, 7) is 0. The molecule has 8 nitrogen and oxygen atoms in total. The Bertz CT molecular complexity index is 672. The Morgan fingerprint density at radius 3 is 2.79 bits per heavy atom. The number of nitrogens with one attached hydrogen (secondary N) is 1. The van der Waals surface area contributed by atoms with Gasteiger partial charge in [0.05, 0.1) is 11.3 Å². The lowest BCUT2D eigenvalue weighted by atomic mass is 9.83. The van der Waals surface area contributed by atoms with Crippen molar-refractivity contribution in [3.8, 4) is 0 Å². The number of nitro benzene ring substituents is 1. The lowest BCUT2D eigenvalue weighted by Crippen LogP contribution is -2.47. The third kappa shape index (κ3) is 4.61. The molecule has 1 amide bonds. The molecule has 0 saturated heterocycles. The summed E-state index contributed by atoms with van der Waals surface area (Å²) in [5.41, 5.74) is 0.290. The molecule has 1 aromatic carbocycles. The van der Waals surface area contributed by atoms with E-state index in [1.54, 1.807) is 6.07 Å². The van der Waals surface area contributed by atoms with Crippen LogP contribution in [-0.2, 0) is 20.8 Å². The molecule has 1 aromatic rings. The Labute approximate surface area is 138 Å². The minimum Gasteiger partial charge on any atom is -0.480 e. The third-order valence-corrected chi connectivity index (χ3v) is 4.06. The second-order valence-corrected chi connectivity index (χ2v) is 5.88. The average Bonchev–Trinajstić information content (AvgIpc) is 2.52. The largest absolute Gasteiger partial charge is 0.480 e. The van der Waals surface area contributed by atoms with Gasteiger partial charge in [0.25, 0.3) is 5.69 Å². The molecule has 128 valence electrons. The molecular formula is C16H18N2O6. The number of carboxylic acids is 1. The topological polar surface area (TPSA) is 127 Å². The molecule has 2 N–H and O–H groups in total. The number of carbonyl (C=O) groups is 3. The van der Waals surface area contributed by atoms with Gasteiger partial charge in [-0.15, -0.1) is 0 Å². The van der Waals surface area contributed by atoms with Crippen molar-refractivity contribution >= 4 is 23.3 Å². The van der Waals surface area contributed by atoms with Crippen molar-refractivity contribution in [1.82, 2.24) is 5.32 Å². The molecule has 0 aliphatic heterocycles. The Balaban J connectivity index is 2.03. The van der Waals surface area contributed by atoms with Crippen molar-refractivity contribution in [3.05, 3.63) is 39.9 Å². The molecule has 8 heteroatoms. The second-order valence-electron chi connectivity index (χ2n) is 5.88. The summed E-state index contributed by atoms with van der Waals surface area (Å²) in [5.74, 6) is -2.13. The summed E-state index contributed by atoms with van der Waals surface area (Å²) in [6.07, 6.45) is 1.62. The van der Waals surface area contributed by atoms with Crippen molar-refractivity contribution in [2.75, 3.05) is 0 Å². The maximum absolute atomic E-state index is 12.1. The van der Waals surface area contributed by atoms with Crippen LogP contribution in [0.2, 0.25) is 0 Å². The van der Waals surface area contributed by atoms with E-state index in [0.29, 0.717) is 24.8 Å². The van der Waals surface area contributed by atoms with E-state index >= 15 is 0 Å². The fourth-order valence-corrected chi connectivity index (χ4v) is 2.91. The molecule has 0 spiro atoms. The number of ketones is 1. The smallest absolute Gasteiger partial charge is 0.326 e. The maximum Gasteiger partial charge on any atom is 0.326 e. The van der Waals surface area contributed by atoms with Crippen molar-refractivity contribution < 1.29 is 24.4 Å². The van der Waals surface area contributed by atoms with Crippen LogP contribution in [0, 0.1) is 16.0 Å². The van der Waals surface area contributed by atoms with Crippen LogP contribution in [0.1, 0.15) is 31.2 Å². The fourth-order valence-electron chi connectivity index (χ4n) is 2.91. The van der Waals surface area contributed by atoms with Crippen LogP contribution in [0.4, 0.5) is 5.69 Å². The van der Waals surface area contributed by atoms with E-state index in [9.17, 15) is 29.6 Å². The predicted molar refractivity (Wildman–Crippen MR) is 83.3 cm³/mol. The molecule has 0 heterocycles. The minimum atomic E-state index is -1.18. The summed E-state index contributed by atoms with van der Waals surface area (Å²) < 4.78 is 0. The monoisotopic (exact) mass is 334 g/mol. The molecule has 0 bridgehead atoms. The number of nitrogens with zero attached hydrogens (tertiary/aromatic N) is 1. The number of rotatable bonds is 6. The highest BCUT2D eigenvalue weighted by molar-refractivity contribution is 5.86. The lowest BCUT2D eigenvalue weighted by Gasteiger charge is -2.27. The van der Waals surface area contributed by atoms with Crippen molar-refractivity contribution in [2.24, 2.45) is 5.92 Å². The first kappa shape index (κ1) is 17.6. The number of hydrogen-bond donors (Lipinski definition) is 2. The number of Topliss-reactive ketones (excluding diaryl/α,β-unsaturated/α-hetero) is 1. The van der Waals surface area contributed by atoms with Gasteiger partial charge in [0, 0.05) is 25.0 Å². The number of benzene rings is 1. The zero-order valence-electron chi connectivity index (χ0n) is 12.9. The van der Waals surface area contributed by atoms with Gasteiger partial charge < -0.3 is 10.4 Å². The zero-order chi connectivity index (χ0) is 17.7. The Morgan fingerprint density at radius 2 is 2.17 bits per heavy atom. The molecule has 0 radical (unpaired) electrons. The number of hydrogen-bond acceptors (Lipinski definition) is 5. The number of carbonyl (C=O) groups excluding carboxylic acids is 2. The van der Waals surface area contributed by atoms with Gasteiger partial charge in [-0.25, -0.2) is 4.79 Å². The summed E-state index contributed by atoms with van der Waals surface area (Å²) in [4.78, 5) is 45.2. The quantitative estimate of drug-likeness (QED) is 0.599. The summed E-state index contributed by atoms with van der Waals surface area (Å²) in [5, 5.41) is 22.5. The van der Waals surface area contributed by atoms with Crippen LogP contribution < -0.4 is 5.32 Å². The van der Waals surface area contributed by atoms with E-state index in [0.717, 1.165) is 0 Å². The van der Waals surface area contributed by atoms with Crippen LogP contribution in [0.5, 0.6) is 0 Å². The Morgan fingerprint density at radius 1 is 1.42 bits per heavy atom. The SMILES string of the molecule is O=C1CCC[C@@H]([C@H](NC(=O)Cc2cccc([N+](=O)[O-])c2)C(=O)O)C1. The standard InChI is InChI=1S/C16H18N2O6/c19-13-6-2-4-11(9-13)15(16(21)22)17-14(20)8-10-3-1-5-12(7-10)18(23)24/h1,3,5,7,11,15H,2,4,6,8-9H2,(H,17,20)(H,21,22)/t11-,15+/m1/s1. The molecule has 1 aliphatic carbocycles. The van der Waals surface area contributed by atoms with Gasteiger partial charge in [-0.2, -0.15) is 0 Å². The molecule has 2 rings (SSSR count). The first-order valence-electron chi connectivity index (χ1n) is 7.64. The molecule has 1 aliphatic rings. The second kappa shape index (κ2) is 7.67. The third-order valence-electron chi connectivity index (χ3n) is 4.06. The van der Waals surface area contributed by atoms with E-state index in [-0.39, 0.29) is 24.3 Å². The molecule has 0 unspecified atom stereocenters. The highest BCUT2D eigenvalue weighted by atomic mass is 16.6. The van der Waals surface area contributed by atoms with Crippen LogP contribution in [0.3, 0.4) is 0 Å². The Hall–Kier alpha value is -2.77. The van der Waals surface area contributed by atoms with Gasteiger partial charge in [-0.05, 0) is 24.3 Å². The number of aliphatic carboxylic acids is 1. The first-order chi connectivity index (χ1) is 11.4. The molecule has 2 atom stereocenters. The zero-order valence-corrected chi connectivity index (χ0v) is 12.9.